The topological polar surface area (TPSA) is 126 Å². The number of carbonyl (C=O) groups is 1. The van der Waals surface area contributed by atoms with Crippen LogP contribution in [0.4, 0.5) is 15.9 Å². The highest BCUT2D eigenvalue weighted by Crippen LogP contribution is 2.45. The van der Waals surface area contributed by atoms with Crippen molar-refractivity contribution >= 4 is 22.9 Å². The maximum absolute atomic E-state index is 13.6. The molecule has 0 aliphatic heterocycles. The monoisotopic (exact) mass is 491 g/mol. The largest absolute Gasteiger partial charge is 0.390 e. The van der Waals surface area contributed by atoms with E-state index in [1.54, 1.807) is 18.2 Å². The van der Waals surface area contributed by atoms with Crippen molar-refractivity contribution in [3.05, 3.63) is 65.0 Å². The van der Waals surface area contributed by atoms with Crippen molar-refractivity contribution in [3.63, 3.8) is 0 Å². The molecule has 1 fully saturated rings. The van der Waals surface area contributed by atoms with Crippen molar-refractivity contribution in [1.82, 2.24) is 14.4 Å². The zero-order valence-electron chi connectivity index (χ0n) is 20.5. The predicted molar refractivity (Wildman–Crippen MR) is 136 cm³/mol. The third-order valence-electron chi connectivity index (χ3n) is 6.93. The second-order valence-corrected chi connectivity index (χ2v) is 10.2. The van der Waals surface area contributed by atoms with E-state index in [1.807, 2.05) is 37.4 Å². The molecule has 2 aliphatic carbocycles. The fourth-order valence-corrected chi connectivity index (χ4v) is 5.19. The minimum absolute atomic E-state index is 0.107. The van der Waals surface area contributed by atoms with Gasteiger partial charge in [-0.15, -0.1) is 0 Å². The molecule has 1 saturated carbocycles. The van der Waals surface area contributed by atoms with Crippen LogP contribution in [0.15, 0.2) is 47.9 Å². The van der Waals surface area contributed by atoms with E-state index in [1.165, 1.54) is 6.08 Å². The van der Waals surface area contributed by atoms with Gasteiger partial charge in [-0.1, -0.05) is 12.1 Å². The highest BCUT2D eigenvalue weighted by Gasteiger charge is 2.42. The number of benzene rings is 1. The zero-order chi connectivity index (χ0) is 25.8. The van der Waals surface area contributed by atoms with Gasteiger partial charge in [-0.3, -0.25) is 9.20 Å². The minimum Gasteiger partial charge on any atom is -0.390 e. The lowest BCUT2D eigenvalue weighted by atomic mass is 9.72. The molecule has 0 spiro atoms. The summed E-state index contributed by atoms with van der Waals surface area (Å²) in [7, 11) is 0. The summed E-state index contributed by atoms with van der Waals surface area (Å²) >= 11 is 0. The number of nitrogens with one attached hydrogen (secondary N) is 1. The lowest BCUT2D eigenvalue weighted by Crippen LogP contribution is -2.40. The molecule has 1 amide bonds. The van der Waals surface area contributed by atoms with Gasteiger partial charge in [0.25, 0.3) is 5.91 Å². The number of nitrogen functional groups attached to an aromatic ring is 1. The Balaban J connectivity index is 1.46. The summed E-state index contributed by atoms with van der Waals surface area (Å²) in [4.78, 5) is 22.0. The summed E-state index contributed by atoms with van der Waals surface area (Å²) in [5, 5.41) is 23.4. The van der Waals surface area contributed by atoms with Gasteiger partial charge in [0.15, 0.2) is 6.10 Å². The van der Waals surface area contributed by atoms with Gasteiger partial charge in [0, 0.05) is 29.8 Å². The molecular formula is C27H30FN5O3. The quantitative estimate of drug-likeness (QED) is 0.426. The molecule has 8 nitrogen and oxygen atoms in total. The van der Waals surface area contributed by atoms with Gasteiger partial charge in [-0.25, -0.2) is 14.4 Å². The van der Waals surface area contributed by atoms with Crippen molar-refractivity contribution in [2.24, 2.45) is 0 Å². The highest BCUT2D eigenvalue weighted by molar-refractivity contribution is 5.97. The van der Waals surface area contributed by atoms with Gasteiger partial charge in [0.2, 0.25) is 0 Å². The van der Waals surface area contributed by atoms with Crippen LogP contribution in [0.2, 0.25) is 0 Å². The van der Waals surface area contributed by atoms with Crippen molar-refractivity contribution in [3.8, 4) is 11.3 Å². The normalized spacial score (nSPS) is 22.6. The Kier molecular flexibility index (Phi) is 5.92. The first-order valence-electron chi connectivity index (χ1n) is 12.1. The molecular weight excluding hydrogens is 461 g/mol. The number of hydrogen-bond acceptors (Lipinski definition) is 6. The lowest BCUT2D eigenvalue weighted by Gasteiger charge is -2.40. The van der Waals surface area contributed by atoms with E-state index in [-0.39, 0.29) is 23.7 Å². The van der Waals surface area contributed by atoms with Crippen molar-refractivity contribution in [1.29, 1.82) is 0 Å². The van der Waals surface area contributed by atoms with Gasteiger partial charge in [0.05, 0.1) is 11.3 Å². The maximum Gasteiger partial charge on any atom is 0.257 e. The third kappa shape index (κ3) is 4.40. The van der Waals surface area contributed by atoms with Crippen LogP contribution < -0.4 is 11.1 Å². The van der Waals surface area contributed by atoms with Crippen LogP contribution in [0.5, 0.6) is 0 Å². The second-order valence-electron chi connectivity index (χ2n) is 10.2. The third-order valence-corrected chi connectivity index (χ3v) is 6.93. The number of aromatic nitrogens is 3. The molecule has 0 bridgehead atoms. The Morgan fingerprint density at radius 3 is 2.72 bits per heavy atom. The van der Waals surface area contributed by atoms with E-state index < -0.39 is 17.6 Å². The molecule has 3 aromatic rings. The molecule has 2 aliphatic rings. The van der Waals surface area contributed by atoms with Crippen LogP contribution in [0.3, 0.4) is 0 Å². The number of aliphatic hydroxyl groups excluding tert-OH is 1. The summed E-state index contributed by atoms with van der Waals surface area (Å²) < 4.78 is 15.5. The Morgan fingerprint density at radius 2 is 2.06 bits per heavy atom. The average molecular weight is 492 g/mol. The molecule has 188 valence electrons. The van der Waals surface area contributed by atoms with E-state index in [2.05, 4.69) is 10.3 Å². The van der Waals surface area contributed by atoms with Crippen LogP contribution in [-0.4, -0.2) is 42.2 Å². The molecule has 1 aromatic carbocycles. The first kappa shape index (κ1) is 24.1. The van der Waals surface area contributed by atoms with Crippen LogP contribution in [0.25, 0.3) is 16.8 Å². The standard InChI is InChI=1S/C27H30FN5O3/c1-14-9-19(31-26(35)23(34)16-5-4-6-18(28)10-16)7-8-20(14)21-22-24(29)30-15(2)13-33(22)25(32-21)17-11-27(3,36)12-17/h5,7-10,13,17,23,34,36H,4,6,11-12H2,1-3H3,(H2,29,30)(H,31,35). The van der Waals surface area contributed by atoms with Crippen LogP contribution in [0.1, 0.15) is 55.6 Å². The zero-order valence-corrected chi connectivity index (χ0v) is 20.5. The Hall–Kier alpha value is -3.56. The maximum atomic E-state index is 13.6. The predicted octanol–water partition coefficient (Wildman–Crippen LogP) is 4.10. The number of allylic oxidation sites excluding steroid dienone is 2. The van der Waals surface area contributed by atoms with Crippen molar-refractivity contribution in [2.75, 3.05) is 11.1 Å². The molecule has 5 N–H and O–H groups in total. The average Bonchev–Trinajstić information content (AvgIpc) is 3.16. The van der Waals surface area contributed by atoms with Crippen LogP contribution in [0, 0.1) is 13.8 Å². The second kappa shape index (κ2) is 8.83. The molecule has 1 unspecified atom stereocenters. The lowest BCUT2D eigenvalue weighted by molar-refractivity contribution is -0.122. The number of aryl methyl sites for hydroxylation is 2. The van der Waals surface area contributed by atoms with Gasteiger partial charge in [0.1, 0.15) is 28.7 Å². The Labute approximate surface area is 208 Å². The fraction of sp³-hybridized carbons (Fsp3) is 0.370. The molecule has 1 atom stereocenters. The molecule has 5 rings (SSSR count). The molecule has 9 heteroatoms. The number of nitrogens with zero attached hydrogens (tertiary/aromatic N) is 3. The SMILES string of the molecule is Cc1cn2c(C3CC(C)(O)C3)nc(-c3ccc(NC(=O)C(O)C4=CCCC(F)=C4)cc3C)c2c(N)n1. The van der Waals surface area contributed by atoms with E-state index in [0.29, 0.717) is 42.0 Å². The summed E-state index contributed by atoms with van der Waals surface area (Å²) in [6.45, 7) is 5.61. The Bertz CT molecular complexity index is 1430. The number of imidazole rings is 1. The van der Waals surface area contributed by atoms with Gasteiger partial charge in [-0.05, 0) is 69.4 Å². The summed E-state index contributed by atoms with van der Waals surface area (Å²) in [5.74, 6) is 0.340. The summed E-state index contributed by atoms with van der Waals surface area (Å²) in [6.07, 6.45) is 5.31. The fourth-order valence-electron chi connectivity index (χ4n) is 5.19. The number of aliphatic hydroxyl groups is 2. The molecule has 2 heterocycles. The van der Waals surface area contributed by atoms with Gasteiger partial charge >= 0.3 is 0 Å². The van der Waals surface area contributed by atoms with E-state index in [4.69, 9.17) is 10.7 Å². The van der Waals surface area contributed by atoms with E-state index in [0.717, 1.165) is 22.6 Å². The van der Waals surface area contributed by atoms with Crippen molar-refractivity contribution in [2.45, 2.75) is 64.1 Å². The van der Waals surface area contributed by atoms with Crippen LogP contribution >= 0.6 is 0 Å². The van der Waals surface area contributed by atoms with Gasteiger partial charge < -0.3 is 21.3 Å². The first-order chi connectivity index (χ1) is 17.0. The summed E-state index contributed by atoms with van der Waals surface area (Å²) in [5.41, 5.74) is 10.2. The van der Waals surface area contributed by atoms with Crippen LogP contribution in [-0.2, 0) is 4.79 Å². The minimum atomic E-state index is -1.45. The Morgan fingerprint density at radius 1 is 1.31 bits per heavy atom. The smallest absolute Gasteiger partial charge is 0.257 e. The van der Waals surface area contributed by atoms with E-state index >= 15 is 0 Å². The number of anilines is 2. The summed E-state index contributed by atoms with van der Waals surface area (Å²) in [6, 6.07) is 5.37. The van der Waals surface area contributed by atoms with Gasteiger partial charge in [-0.2, -0.15) is 0 Å². The number of fused-ring (bicyclic) bond motifs is 1. The highest BCUT2D eigenvalue weighted by atomic mass is 19.1. The number of nitrogens with two attached hydrogens (primary N) is 1. The van der Waals surface area contributed by atoms with E-state index in [9.17, 15) is 19.4 Å². The number of halogens is 1. The molecule has 2 aromatic heterocycles. The number of amides is 1. The number of rotatable bonds is 5. The molecule has 36 heavy (non-hydrogen) atoms. The first-order valence-corrected chi connectivity index (χ1v) is 12.1. The molecule has 0 radical (unpaired) electrons. The molecule has 0 saturated heterocycles. The number of hydrogen-bond donors (Lipinski definition) is 4. The van der Waals surface area contributed by atoms with Crippen molar-refractivity contribution < 1.29 is 19.4 Å². The number of carbonyl (C=O) groups excluding carboxylic acids is 1.